The van der Waals surface area contributed by atoms with Crippen LogP contribution in [0.1, 0.15) is 45.8 Å². The van der Waals surface area contributed by atoms with E-state index >= 15 is 0 Å². The lowest BCUT2D eigenvalue weighted by Gasteiger charge is -2.32. The lowest BCUT2D eigenvalue weighted by Crippen LogP contribution is -2.43. The number of carbonyl (C=O) groups is 1. The molecule has 1 aromatic rings. The first-order valence-electron chi connectivity index (χ1n) is 6.93. The van der Waals surface area contributed by atoms with Crippen LogP contribution in [0.5, 0.6) is 0 Å². The molecule has 1 aromatic heterocycles. The van der Waals surface area contributed by atoms with Gasteiger partial charge >= 0.3 is 0 Å². The molecular formula is C15H23NO2. The third-order valence-corrected chi connectivity index (χ3v) is 3.80. The van der Waals surface area contributed by atoms with Gasteiger partial charge in [0.25, 0.3) is 0 Å². The number of furan rings is 1. The van der Waals surface area contributed by atoms with Gasteiger partial charge in [-0.1, -0.05) is 13.8 Å². The first-order chi connectivity index (χ1) is 8.59. The fourth-order valence-electron chi connectivity index (χ4n) is 2.25. The molecule has 0 N–H and O–H groups in total. The minimum absolute atomic E-state index is 0.273. The summed E-state index contributed by atoms with van der Waals surface area (Å²) in [6.45, 7) is 6.52. The van der Waals surface area contributed by atoms with Crippen LogP contribution >= 0.6 is 0 Å². The van der Waals surface area contributed by atoms with Gasteiger partial charge < -0.3 is 9.32 Å². The smallest absolute Gasteiger partial charge is 0.223 e. The second-order valence-electron chi connectivity index (χ2n) is 5.60. The Morgan fingerprint density at radius 2 is 2.17 bits per heavy atom. The number of rotatable bonds is 6. The van der Waals surface area contributed by atoms with Crippen molar-refractivity contribution in [2.45, 2.75) is 58.5 Å². The number of hydrogen-bond acceptors (Lipinski definition) is 2. The average Bonchev–Trinajstić information content (AvgIpc) is 3.02. The number of nitrogens with zero attached hydrogens (tertiary/aromatic N) is 1. The molecule has 1 unspecified atom stereocenters. The molecule has 1 saturated carbocycles. The van der Waals surface area contributed by atoms with Gasteiger partial charge in [0.15, 0.2) is 0 Å². The van der Waals surface area contributed by atoms with Crippen molar-refractivity contribution in [2.75, 3.05) is 0 Å². The van der Waals surface area contributed by atoms with E-state index in [1.54, 1.807) is 6.26 Å². The van der Waals surface area contributed by atoms with Crippen LogP contribution in [0.3, 0.4) is 0 Å². The van der Waals surface area contributed by atoms with Crippen molar-refractivity contribution in [3.05, 3.63) is 24.2 Å². The minimum Gasteiger partial charge on any atom is -0.469 e. The van der Waals surface area contributed by atoms with Gasteiger partial charge in [0, 0.05) is 24.9 Å². The molecule has 100 valence electrons. The van der Waals surface area contributed by atoms with Gasteiger partial charge in [-0.15, -0.1) is 0 Å². The molecule has 0 aromatic carbocycles. The maximum absolute atomic E-state index is 12.4. The van der Waals surface area contributed by atoms with Crippen LogP contribution in [-0.4, -0.2) is 22.9 Å². The summed E-state index contributed by atoms with van der Waals surface area (Å²) in [5.41, 5.74) is 0. The van der Waals surface area contributed by atoms with Crippen LogP contribution in [0, 0.1) is 5.92 Å². The lowest BCUT2D eigenvalue weighted by atomic mass is 10.0. The highest BCUT2D eigenvalue weighted by molar-refractivity contribution is 5.77. The molecular weight excluding hydrogens is 226 g/mol. The molecule has 0 aliphatic heterocycles. The van der Waals surface area contributed by atoms with E-state index in [4.69, 9.17) is 4.42 Å². The quantitative estimate of drug-likeness (QED) is 0.775. The first-order valence-corrected chi connectivity index (χ1v) is 6.93. The molecule has 1 fully saturated rings. The Balaban J connectivity index is 1.91. The van der Waals surface area contributed by atoms with Crippen molar-refractivity contribution in [3.63, 3.8) is 0 Å². The highest BCUT2D eigenvalue weighted by Crippen LogP contribution is 2.31. The summed E-state index contributed by atoms with van der Waals surface area (Å²) >= 11 is 0. The Morgan fingerprint density at radius 1 is 1.44 bits per heavy atom. The summed E-state index contributed by atoms with van der Waals surface area (Å²) < 4.78 is 5.28. The SMILES string of the molecule is CC(C)C(C)N(C(=O)CCc1ccco1)C1CC1. The fourth-order valence-corrected chi connectivity index (χ4v) is 2.25. The minimum atomic E-state index is 0.273. The van der Waals surface area contributed by atoms with E-state index in [0.29, 0.717) is 30.8 Å². The van der Waals surface area contributed by atoms with Gasteiger partial charge in [-0.3, -0.25) is 4.79 Å². The van der Waals surface area contributed by atoms with Crippen LogP contribution in [0.15, 0.2) is 22.8 Å². The lowest BCUT2D eigenvalue weighted by molar-refractivity contribution is -0.134. The van der Waals surface area contributed by atoms with E-state index in [-0.39, 0.29) is 5.91 Å². The highest BCUT2D eigenvalue weighted by Gasteiger charge is 2.36. The molecule has 0 radical (unpaired) electrons. The number of hydrogen-bond donors (Lipinski definition) is 0. The molecule has 1 atom stereocenters. The van der Waals surface area contributed by atoms with Gasteiger partial charge in [-0.2, -0.15) is 0 Å². The third-order valence-electron chi connectivity index (χ3n) is 3.80. The van der Waals surface area contributed by atoms with E-state index in [0.717, 1.165) is 5.76 Å². The van der Waals surface area contributed by atoms with E-state index in [1.165, 1.54) is 12.8 Å². The molecule has 3 nitrogen and oxygen atoms in total. The van der Waals surface area contributed by atoms with Gasteiger partial charge in [0.2, 0.25) is 5.91 Å². The molecule has 1 aliphatic carbocycles. The van der Waals surface area contributed by atoms with Crippen LogP contribution in [0.2, 0.25) is 0 Å². The monoisotopic (exact) mass is 249 g/mol. The number of amides is 1. The van der Waals surface area contributed by atoms with Crippen molar-refractivity contribution in [2.24, 2.45) is 5.92 Å². The Bertz CT molecular complexity index is 379. The normalized spacial score (nSPS) is 16.9. The Labute approximate surface area is 109 Å². The molecule has 3 heteroatoms. The van der Waals surface area contributed by atoms with Crippen molar-refractivity contribution in [3.8, 4) is 0 Å². The van der Waals surface area contributed by atoms with Gasteiger partial charge in [0.1, 0.15) is 5.76 Å². The highest BCUT2D eigenvalue weighted by atomic mass is 16.3. The molecule has 0 bridgehead atoms. The summed E-state index contributed by atoms with van der Waals surface area (Å²) in [6.07, 6.45) is 5.27. The number of aryl methyl sites for hydroxylation is 1. The molecule has 1 amide bonds. The predicted octanol–water partition coefficient (Wildman–Crippen LogP) is 3.25. The third kappa shape index (κ3) is 3.15. The van der Waals surface area contributed by atoms with Gasteiger partial charge in [-0.05, 0) is 37.8 Å². The average molecular weight is 249 g/mol. The molecule has 18 heavy (non-hydrogen) atoms. The summed E-state index contributed by atoms with van der Waals surface area (Å²) in [7, 11) is 0. The van der Waals surface area contributed by atoms with E-state index in [2.05, 4.69) is 25.7 Å². The van der Waals surface area contributed by atoms with Crippen molar-refractivity contribution >= 4 is 5.91 Å². The van der Waals surface area contributed by atoms with Gasteiger partial charge in [0.05, 0.1) is 6.26 Å². The number of carbonyl (C=O) groups excluding carboxylic acids is 1. The van der Waals surface area contributed by atoms with Gasteiger partial charge in [-0.25, -0.2) is 0 Å². The maximum atomic E-state index is 12.4. The molecule has 2 rings (SSSR count). The first kappa shape index (κ1) is 13.2. The Hall–Kier alpha value is -1.25. The zero-order chi connectivity index (χ0) is 13.1. The summed E-state index contributed by atoms with van der Waals surface area (Å²) in [5, 5.41) is 0. The zero-order valence-corrected chi connectivity index (χ0v) is 11.6. The summed E-state index contributed by atoms with van der Waals surface area (Å²) in [6, 6.07) is 4.63. The molecule has 1 aliphatic rings. The second kappa shape index (κ2) is 5.59. The van der Waals surface area contributed by atoms with E-state index in [9.17, 15) is 4.79 Å². The second-order valence-corrected chi connectivity index (χ2v) is 5.60. The van der Waals surface area contributed by atoms with Crippen molar-refractivity contribution in [1.29, 1.82) is 0 Å². The Morgan fingerprint density at radius 3 is 2.67 bits per heavy atom. The maximum Gasteiger partial charge on any atom is 0.223 e. The van der Waals surface area contributed by atoms with Crippen LogP contribution < -0.4 is 0 Å². The van der Waals surface area contributed by atoms with Crippen LogP contribution in [0.25, 0.3) is 0 Å². The Kier molecular flexibility index (Phi) is 4.10. The largest absolute Gasteiger partial charge is 0.469 e. The topological polar surface area (TPSA) is 33.5 Å². The van der Waals surface area contributed by atoms with E-state index < -0.39 is 0 Å². The van der Waals surface area contributed by atoms with Crippen LogP contribution in [0.4, 0.5) is 0 Å². The molecule has 1 heterocycles. The summed E-state index contributed by atoms with van der Waals surface area (Å²) in [5.74, 6) is 1.68. The standard InChI is InChI=1S/C15H23NO2/c1-11(2)12(3)16(13-6-7-13)15(17)9-8-14-5-4-10-18-14/h4-5,10-13H,6-9H2,1-3H3. The predicted molar refractivity (Wildman–Crippen MR) is 71.2 cm³/mol. The van der Waals surface area contributed by atoms with E-state index in [1.807, 2.05) is 12.1 Å². The molecule has 0 saturated heterocycles. The molecule has 0 spiro atoms. The zero-order valence-electron chi connectivity index (χ0n) is 11.6. The van der Waals surface area contributed by atoms with Crippen molar-refractivity contribution < 1.29 is 9.21 Å². The van der Waals surface area contributed by atoms with Crippen LogP contribution in [-0.2, 0) is 11.2 Å². The van der Waals surface area contributed by atoms with Crippen molar-refractivity contribution in [1.82, 2.24) is 4.90 Å². The fraction of sp³-hybridized carbons (Fsp3) is 0.667. The summed E-state index contributed by atoms with van der Waals surface area (Å²) in [4.78, 5) is 14.5.